The zero-order chi connectivity index (χ0) is 21.8. The number of aryl methyl sites for hydroxylation is 1. The lowest BCUT2D eigenvalue weighted by Gasteiger charge is -2.32. The first-order chi connectivity index (χ1) is 14.9. The van der Waals surface area contributed by atoms with Crippen molar-refractivity contribution >= 4 is 33.0 Å². The van der Waals surface area contributed by atoms with Crippen molar-refractivity contribution in [3.63, 3.8) is 0 Å². The van der Waals surface area contributed by atoms with Gasteiger partial charge in [-0.3, -0.25) is 14.5 Å². The van der Waals surface area contributed by atoms with Crippen molar-refractivity contribution in [3.05, 3.63) is 95.6 Å². The summed E-state index contributed by atoms with van der Waals surface area (Å²) in [7, 11) is -4.14. The highest BCUT2D eigenvalue weighted by molar-refractivity contribution is 7.94. The molecule has 1 fully saturated rings. The van der Waals surface area contributed by atoms with Crippen LogP contribution in [-0.2, 0) is 30.8 Å². The summed E-state index contributed by atoms with van der Waals surface area (Å²) in [5.41, 5.74) is 3.18. The predicted octanol–water partition coefficient (Wildman–Crippen LogP) is 3.16. The largest absolute Gasteiger partial charge is 0.304 e. The third-order valence-electron chi connectivity index (χ3n) is 5.90. The second-order valence-electron chi connectivity index (χ2n) is 7.86. The van der Waals surface area contributed by atoms with Crippen molar-refractivity contribution in [2.24, 2.45) is 0 Å². The molecule has 31 heavy (non-hydrogen) atoms. The molecule has 2 amide bonds. The number of sulfone groups is 1. The van der Waals surface area contributed by atoms with Gasteiger partial charge in [-0.25, -0.2) is 8.42 Å². The van der Waals surface area contributed by atoms with Gasteiger partial charge in [0.1, 0.15) is 5.75 Å². The molecule has 7 heteroatoms. The molecule has 3 aromatic rings. The number of fused-ring (bicyclic) bond motifs is 2. The number of benzene rings is 3. The van der Waals surface area contributed by atoms with Gasteiger partial charge >= 0.3 is 0 Å². The molecule has 2 aliphatic heterocycles. The fraction of sp³-hybridized carbons (Fsp3) is 0.167. The van der Waals surface area contributed by atoms with Crippen molar-refractivity contribution in [3.8, 4) is 0 Å². The van der Waals surface area contributed by atoms with E-state index >= 15 is 0 Å². The molecule has 1 spiro atoms. The molecule has 156 valence electrons. The molecule has 2 aliphatic rings. The number of amides is 2. The van der Waals surface area contributed by atoms with Gasteiger partial charge < -0.3 is 4.90 Å². The number of para-hydroxylation sites is 2. The monoisotopic (exact) mass is 432 g/mol. The Balaban J connectivity index is 1.73. The van der Waals surface area contributed by atoms with Crippen LogP contribution in [0.4, 0.5) is 11.4 Å². The highest BCUT2D eigenvalue weighted by Crippen LogP contribution is 2.52. The van der Waals surface area contributed by atoms with Gasteiger partial charge in [-0.2, -0.15) is 0 Å². The average Bonchev–Trinajstić information content (AvgIpc) is 3.13. The molecule has 1 atom stereocenters. The Morgan fingerprint density at radius 1 is 0.871 bits per heavy atom. The number of hydrogen-bond donors (Lipinski definition) is 0. The molecule has 0 bridgehead atoms. The quantitative estimate of drug-likeness (QED) is 0.637. The summed E-state index contributed by atoms with van der Waals surface area (Å²) in [4.78, 5) is 27.5. The van der Waals surface area contributed by atoms with E-state index in [0.717, 1.165) is 11.1 Å². The van der Waals surface area contributed by atoms with Crippen LogP contribution in [0, 0.1) is 6.92 Å². The maximum atomic E-state index is 14.0. The van der Waals surface area contributed by atoms with Crippen LogP contribution < -0.4 is 9.80 Å². The van der Waals surface area contributed by atoms with E-state index in [9.17, 15) is 18.0 Å². The van der Waals surface area contributed by atoms with E-state index in [1.54, 1.807) is 54.6 Å². The highest BCUT2D eigenvalue weighted by Gasteiger charge is 2.69. The lowest BCUT2D eigenvalue weighted by molar-refractivity contribution is -0.123. The summed E-state index contributed by atoms with van der Waals surface area (Å²) >= 11 is 0. The Labute approximate surface area is 180 Å². The van der Waals surface area contributed by atoms with Crippen molar-refractivity contribution in [1.82, 2.24) is 0 Å². The smallest absolute Gasteiger partial charge is 0.274 e. The van der Waals surface area contributed by atoms with E-state index < -0.39 is 32.3 Å². The van der Waals surface area contributed by atoms with Gasteiger partial charge in [0.05, 0.1) is 12.2 Å². The molecule has 0 unspecified atom stereocenters. The van der Waals surface area contributed by atoms with Crippen LogP contribution in [0.25, 0.3) is 0 Å². The van der Waals surface area contributed by atoms with Crippen LogP contribution in [0.15, 0.2) is 78.9 Å². The van der Waals surface area contributed by atoms with E-state index in [1.807, 2.05) is 31.2 Å². The molecule has 3 aromatic carbocycles. The van der Waals surface area contributed by atoms with E-state index in [4.69, 9.17) is 0 Å². The van der Waals surface area contributed by atoms with Gasteiger partial charge in [0.25, 0.3) is 10.8 Å². The first-order valence-electron chi connectivity index (χ1n) is 9.94. The van der Waals surface area contributed by atoms with Crippen LogP contribution in [0.2, 0.25) is 0 Å². The number of hydrogen-bond acceptors (Lipinski definition) is 4. The first-order valence-corrected chi connectivity index (χ1v) is 11.6. The van der Waals surface area contributed by atoms with Gasteiger partial charge in [-0.15, -0.1) is 0 Å². The van der Waals surface area contributed by atoms with E-state index in [1.165, 1.54) is 9.80 Å². The Kier molecular flexibility index (Phi) is 4.27. The average molecular weight is 433 g/mol. The number of anilines is 2. The molecule has 0 radical (unpaired) electrons. The fourth-order valence-electron chi connectivity index (χ4n) is 4.50. The minimum absolute atomic E-state index is 0.213. The Bertz CT molecular complexity index is 1300. The molecule has 0 aromatic heterocycles. The topological polar surface area (TPSA) is 74.8 Å². The third-order valence-corrected chi connectivity index (χ3v) is 8.00. The van der Waals surface area contributed by atoms with E-state index in [0.29, 0.717) is 16.9 Å². The van der Waals surface area contributed by atoms with Crippen molar-refractivity contribution in [2.45, 2.75) is 18.3 Å². The second-order valence-corrected chi connectivity index (χ2v) is 9.97. The number of carbonyl (C=O) groups is 2. The van der Waals surface area contributed by atoms with Gasteiger partial charge in [0.2, 0.25) is 5.91 Å². The number of nitrogens with zero attached hydrogens (tertiary/aromatic N) is 2. The first kappa shape index (κ1) is 19.5. The summed E-state index contributed by atoms with van der Waals surface area (Å²) in [5, 5.41) is 0. The van der Waals surface area contributed by atoms with E-state index in [2.05, 4.69) is 0 Å². The number of carbonyl (C=O) groups excluding carboxylic acids is 2. The molecule has 5 rings (SSSR count). The Morgan fingerprint density at radius 2 is 1.52 bits per heavy atom. The SMILES string of the molecule is Cc1ccc(CN2C(=O)[C@@]3(c4ccccc42)N(c2ccccc2)C(=O)CS3(=O)=O)cc1. The lowest BCUT2D eigenvalue weighted by atomic mass is 10.0. The maximum absolute atomic E-state index is 14.0. The van der Waals surface area contributed by atoms with Gasteiger partial charge in [-0.05, 0) is 30.7 Å². The van der Waals surface area contributed by atoms with Crippen LogP contribution in [0.1, 0.15) is 16.7 Å². The minimum Gasteiger partial charge on any atom is -0.304 e. The van der Waals surface area contributed by atoms with Crippen LogP contribution in [0.3, 0.4) is 0 Å². The van der Waals surface area contributed by atoms with Crippen LogP contribution in [-0.4, -0.2) is 26.0 Å². The molecular formula is C24H20N2O4S. The normalized spacial score (nSPS) is 21.7. The highest BCUT2D eigenvalue weighted by atomic mass is 32.2. The molecule has 6 nitrogen and oxygen atoms in total. The molecule has 2 heterocycles. The van der Waals surface area contributed by atoms with Crippen molar-refractivity contribution < 1.29 is 18.0 Å². The summed E-state index contributed by atoms with van der Waals surface area (Å²) in [6, 6.07) is 23.1. The summed E-state index contributed by atoms with van der Waals surface area (Å²) in [6.45, 7) is 2.19. The minimum atomic E-state index is -4.14. The van der Waals surface area contributed by atoms with Crippen molar-refractivity contribution in [1.29, 1.82) is 0 Å². The zero-order valence-electron chi connectivity index (χ0n) is 16.9. The Morgan fingerprint density at radius 3 is 2.23 bits per heavy atom. The standard InChI is InChI=1S/C24H20N2O4S/c1-17-11-13-18(14-12-17)15-25-21-10-6-5-9-20(21)24(23(25)28)26(19-7-3-2-4-8-19)22(27)16-31(24,29)30/h2-14H,15-16H2,1H3/t24-/m0/s1. The molecule has 1 saturated heterocycles. The lowest BCUT2D eigenvalue weighted by Crippen LogP contribution is -2.54. The fourth-order valence-corrected chi connectivity index (χ4v) is 6.53. The molecular weight excluding hydrogens is 412 g/mol. The second kappa shape index (κ2) is 6.78. The predicted molar refractivity (Wildman–Crippen MR) is 118 cm³/mol. The van der Waals surface area contributed by atoms with Crippen LogP contribution >= 0.6 is 0 Å². The number of rotatable bonds is 3. The van der Waals surface area contributed by atoms with Crippen molar-refractivity contribution in [2.75, 3.05) is 15.6 Å². The van der Waals surface area contributed by atoms with Crippen LogP contribution in [0.5, 0.6) is 0 Å². The molecule has 0 saturated carbocycles. The van der Waals surface area contributed by atoms with Gasteiger partial charge in [0, 0.05) is 11.3 Å². The van der Waals surface area contributed by atoms with Gasteiger partial charge in [-0.1, -0.05) is 66.2 Å². The summed E-state index contributed by atoms with van der Waals surface area (Å²) < 4.78 is 27.0. The summed E-state index contributed by atoms with van der Waals surface area (Å²) in [6.07, 6.45) is 0. The summed E-state index contributed by atoms with van der Waals surface area (Å²) in [5.74, 6) is -1.93. The zero-order valence-corrected chi connectivity index (χ0v) is 17.7. The van der Waals surface area contributed by atoms with E-state index in [-0.39, 0.29) is 6.54 Å². The molecule has 0 aliphatic carbocycles. The molecule has 0 N–H and O–H groups in total. The maximum Gasteiger partial charge on any atom is 0.274 e. The van der Waals surface area contributed by atoms with Gasteiger partial charge in [0.15, 0.2) is 9.84 Å². The third kappa shape index (κ3) is 2.66. The Hall–Kier alpha value is -3.45.